The molecule has 0 radical (unpaired) electrons. The maximum Gasteiger partial charge on any atom is 0.145 e. The topological polar surface area (TPSA) is 73.2 Å². The van der Waals surface area contributed by atoms with Crippen molar-refractivity contribution in [3.63, 3.8) is 0 Å². The summed E-state index contributed by atoms with van der Waals surface area (Å²) in [5.41, 5.74) is 8.78. The first-order valence-corrected chi connectivity index (χ1v) is 6.35. The van der Waals surface area contributed by atoms with Gasteiger partial charge in [-0.1, -0.05) is 6.07 Å². The number of nitrogens with one attached hydrogen (secondary N) is 1. The summed E-state index contributed by atoms with van der Waals surface area (Å²) in [7, 11) is 1.66. The van der Waals surface area contributed by atoms with Crippen LogP contribution in [0.5, 0.6) is 5.75 Å². The van der Waals surface area contributed by atoms with Crippen molar-refractivity contribution in [2.75, 3.05) is 26.1 Å². The zero-order chi connectivity index (χ0) is 13.2. The molecule has 0 spiro atoms. The third kappa shape index (κ3) is 2.29. The Labute approximate surface area is 111 Å². The van der Waals surface area contributed by atoms with Crippen molar-refractivity contribution in [1.82, 2.24) is 10.2 Å². The highest BCUT2D eigenvalue weighted by molar-refractivity contribution is 5.70. The summed E-state index contributed by atoms with van der Waals surface area (Å²) < 4.78 is 10.9. The van der Waals surface area contributed by atoms with E-state index in [0.29, 0.717) is 11.7 Å². The van der Waals surface area contributed by atoms with Crippen LogP contribution in [0, 0.1) is 0 Å². The lowest BCUT2D eigenvalue weighted by atomic mass is 9.95. The standard InChI is InChI=1S/C14H17N3O2/c1-18-13-3-2-9(10-4-5-19-8-10)6-11(13)12-7-14(15)17-16-12/h2-3,6-7,10H,4-5,8H2,1H3,(H3,15,16,17). The van der Waals surface area contributed by atoms with Crippen LogP contribution in [-0.4, -0.2) is 30.5 Å². The lowest BCUT2D eigenvalue weighted by Gasteiger charge is -2.12. The predicted octanol–water partition coefficient (Wildman–Crippen LogP) is 2.17. The van der Waals surface area contributed by atoms with Gasteiger partial charge in [0.05, 0.1) is 19.4 Å². The molecule has 1 unspecified atom stereocenters. The molecule has 19 heavy (non-hydrogen) atoms. The van der Waals surface area contributed by atoms with Crippen LogP contribution < -0.4 is 10.5 Å². The number of methoxy groups -OCH3 is 1. The summed E-state index contributed by atoms with van der Waals surface area (Å²) in [5, 5.41) is 6.90. The van der Waals surface area contributed by atoms with Crippen molar-refractivity contribution in [1.29, 1.82) is 0 Å². The van der Waals surface area contributed by atoms with Crippen LogP contribution in [0.15, 0.2) is 24.3 Å². The highest BCUT2D eigenvalue weighted by atomic mass is 16.5. The number of hydrogen-bond acceptors (Lipinski definition) is 4. The molecule has 1 aliphatic heterocycles. The molecule has 3 N–H and O–H groups in total. The van der Waals surface area contributed by atoms with Crippen molar-refractivity contribution >= 4 is 5.82 Å². The fraction of sp³-hybridized carbons (Fsp3) is 0.357. The van der Waals surface area contributed by atoms with Gasteiger partial charge in [-0.05, 0) is 24.1 Å². The average molecular weight is 259 g/mol. The minimum atomic E-state index is 0.463. The van der Waals surface area contributed by atoms with Gasteiger partial charge < -0.3 is 15.2 Å². The first kappa shape index (κ1) is 12.0. The fourth-order valence-electron chi connectivity index (χ4n) is 2.46. The van der Waals surface area contributed by atoms with Crippen LogP contribution in [-0.2, 0) is 4.74 Å². The molecule has 1 fully saturated rings. The normalized spacial score (nSPS) is 18.7. The number of aromatic amines is 1. The first-order valence-electron chi connectivity index (χ1n) is 6.35. The summed E-state index contributed by atoms with van der Waals surface area (Å²) in [5.74, 6) is 1.75. The Morgan fingerprint density at radius 3 is 2.95 bits per heavy atom. The number of hydrogen-bond donors (Lipinski definition) is 2. The highest BCUT2D eigenvalue weighted by Gasteiger charge is 2.19. The number of nitrogen functional groups attached to an aromatic ring is 1. The van der Waals surface area contributed by atoms with Gasteiger partial charge in [0, 0.05) is 24.2 Å². The van der Waals surface area contributed by atoms with Crippen LogP contribution >= 0.6 is 0 Å². The van der Waals surface area contributed by atoms with E-state index in [1.807, 2.05) is 12.1 Å². The van der Waals surface area contributed by atoms with E-state index in [1.165, 1.54) is 5.56 Å². The van der Waals surface area contributed by atoms with Gasteiger partial charge in [-0.15, -0.1) is 0 Å². The van der Waals surface area contributed by atoms with E-state index >= 15 is 0 Å². The van der Waals surface area contributed by atoms with Crippen LogP contribution in [0.4, 0.5) is 5.82 Å². The van der Waals surface area contributed by atoms with E-state index in [0.717, 1.165) is 36.6 Å². The third-order valence-corrected chi connectivity index (χ3v) is 3.51. The van der Waals surface area contributed by atoms with Gasteiger partial charge in [-0.25, -0.2) is 0 Å². The number of anilines is 1. The molecule has 1 aromatic heterocycles. The second kappa shape index (κ2) is 4.93. The fourth-order valence-corrected chi connectivity index (χ4v) is 2.46. The summed E-state index contributed by atoms with van der Waals surface area (Å²) in [6.07, 6.45) is 1.07. The number of ether oxygens (including phenoxy) is 2. The van der Waals surface area contributed by atoms with Crippen molar-refractivity contribution in [2.45, 2.75) is 12.3 Å². The minimum Gasteiger partial charge on any atom is -0.496 e. The zero-order valence-corrected chi connectivity index (χ0v) is 10.8. The number of benzene rings is 1. The monoisotopic (exact) mass is 259 g/mol. The molecule has 5 heteroatoms. The zero-order valence-electron chi connectivity index (χ0n) is 10.8. The van der Waals surface area contributed by atoms with E-state index in [-0.39, 0.29) is 0 Å². The number of aromatic nitrogens is 2. The van der Waals surface area contributed by atoms with E-state index in [9.17, 15) is 0 Å². The molecule has 1 aromatic carbocycles. The van der Waals surface area contributed by atoms with E-state index < -0.39 is 0 Å². The number of nitrogens with zero attached hydrogens (tertiary/aromatic N) is 1. The number of H-pyrrole nitrogens is 1. The summed E-state index contributed by atoms with van der Waals surface area (Å²) in [6.45, 7) is 1.62. The largest absolute Gasteiger partial charge is 0.496 e. The molecule has 100 valence electrons. The molecular weight excluding hydrogens is 242 g/mol. The third-order valence-electron chi connectivity index (χ3n) is 3.51. The lowest BCUT2D eigenvalue weighted by Crippen LogP contribution is -1.99. The van der Waals surface area contributed by atoms with Gasteiger partial charge in [0.2, 0.25) is 0 Å². The Morgan fingerprint density at radius 1 is 1.42 bits per heavy atom. The molecule has 2 heterocycles. The van der Waals surface area contributed by atoms with E-state index in [1.54, 1.807) is 7.11 Å². The SMILES string of the molecule is COc1ccc(C2CCOC2)cc1-c1cc(N)n[nH]1. The van der Waals surface area contributed by atoms with Crippen molar-refractivity contribution < 1.29 is 9.47 Å². The highest BCUT2D eigenvalue weighted by Crippen LogP contribution is 2.34. The van der Waals surface area contributed by atoms with Crippen molar-refractivity contribution in [3.8, 4) is 17.0 Å². The van der Waals surface area contributed by atoms with Gasteiger partial charge in [0.15, 0.2) is 0 Å². The second-order valence-electron chi connectivity index (χ2n) is 4.73. The Balaban J connectivity index is 2.02. The average Bonchev–Trinajstić information content (AvgIpc) is 3.09. The Morgan fingerprint density at radius 2 is 2.32 bits per heavy atom. The molecule has 0 amide bonds. The summed E-state index contributed by atoms with van der Waals surface area (Å²) in [4.78, 5) is 0. The van der Waals surface area contributed by atoms with Gasteiger partial charge in [0.1, 0.15) is 11.6 Å². The number of nitrogens with two attached hydrogens (primary N) is 1. The maximum absolute atomic E-state index is 5.66. The van der Waals surface area contributed by atoms with Crippen LogP contribution in [0.1, 0.15) is 17.9 Å². The molecule has 5 nitrogen and oxygen atoms in total. The predicted molar refractivity (Wildman–Crippen MR) is 73.2 cm³/mol. The van der Waals surface area contributed by atoms with Crippen LogP contribution in [0.25, 0.3) is 11.3 Å². The van der Waals surface area contributed by atoms with Gasteiger partial charge in [0.25, 0.3) is 0 Å². The molecule has 2 aromatic rings. The molecule has 0 bridgehead atoms. The Hall–Kier alpha value is -2.01. The molecule has 1 saturated heterocycles. The summed E-state index contributed by atoms with van der Waals surface area (Å²) >= 11 is 0. The second-order valence-corrected chi connectivity index (χ2v) is 4.73. The number of rotatable bonds is 3. The molecular formula is C14H17N3O2. The molecule has 1 atom stereocenters. The molecule has 3 rings (SSSR count). The van der Waals surface area contributed by atoms with E-state index in [2.05, 4.69) is 22.3 Å². The quantitative estimate of drug-likeness (QED) is 0.886. The molecule has 0 saturated carbocycles. The van der Waals surface area contributed by atoms with Crippen molar-refractivity contribution in [3.05, 3.63) is 29.8 Å². The van der Waals surface area contributed by atoms with Crippen molar-refractivity contribution in [2.24, 2.45) is 0 Å². The van der Waals surface area contributed by atoms with Crippen LogP contribution in [0.2, 0.25) is 0 Å². The Bertz CT molecular complexity index is 574. The summed E-state index contributed by atoms with van der Waals surface area (Å²) in [6, 6.07) is 8.03. The van der Waals surface area contributed by atoms with E-state index in [4.69, 9.17) is 15.2 Å². The maximum atomic E-state index is 5.66. The smallest absolute Gasteiger partial charge is 0.145 e. The minimum absolute atomic E-state index is 0.463. The lowest BCUT2D eigenvalue weighted by molar-refractivity contribution is 0.194. The van der Waals surface area contributed by atoms with Gasteiger partial charge >= 0.3 is 0 Å². The van der Waals surface area contributed by atoms with Crippen LogP contribution in [0.3, 0.4) is 0 Å². The van der Waals surface area contributed by atoms with Gasteiger partial charge in [-0.3, -0.25) is 5.10 Å². The molecule has 0 aliphatic carbocycles. The van der Waals surface area contributed by atoms with Gasteiger partial charge in [-0.2, -0.15) is 5.10 Å². The Kier molecular flexibility index (Phi) is 3.13. The first-order chi connectivity index (χ1) is 9.28. The molecule has 1 aliphatic rings.